The van der Waals surface area contributed by atoms with E-state index in [1.54, 1.807) is 0 Å². The van der Waals surface area contributed by atoms with E-state index in [4.69, 9.17) is 5.11 Å². The first-order chi connectivity index (χ1) is 8.66. The van der Waals surface area contributed by atoms with Crippen molar-refractivity contribution < 1.29 is 23.5 Å². The van der Waals surface area contributed by atoms with E-state index in [9.17, 15) is 18.4 Å². The minimum atomic E-state index is -2.84. The summed E-state index contributed by atoms with van der Waals surface area (Å²) < 4.78 is 27.3. The van der Waals surface area contributed by atoms with Crippen LogP contribution in [0.4, 0.5) is 8.78 Å². The molecule has 2 N–H and O–H groups in total. The number of carbonyl (C=O) groups excluding carboxylic acids is 1. The van der Waals surface area contributed by atoms with Gasteiger partial charge in [0.25, 0.3) is 5.92 Å². The second kappa shape index (κ2) is 4.40. The summed E-state index contributed by atoms with van der Waals surface area (Å²) in [4.78, 5) is 24.5. The lowest BCUT2D eigenvalue weighted by Gasteiger charge is -2.38. The van der Waals surface area contributed by atoms with Gasteiger partial charge in [0, 0.05) is 19.1 Å². The Balaban J connectivity index is 2.12. The van der Waals surface area contributed by atoms with Gasteiger partial charge in [0.05, 0.1) is 12.5 Å². The van der Waals surface area contributed by atoms with Crippen molar-refractivity contribution in [3.63, 3.8) is 0 Å². The first-order valence-corrected chi connectivity index (χ1v) is 6.30. The molecule has 2 heterocycles. The van der Waals surface area contributed by atoms with Gasteiger partial charge in [-0.25, -0.2) is 8.78 Å². The van der Waals surface area contributed by atoms with Crippen molar-refractivity contribution in [3.8, 4) is 0 Å². The highest BCUT2D eigenvalue weighted by atomic mass is 19.3. The lowest BCUT2D eigenvalue weighted by atomic mass is 9.87. The predicted octanol–water partition coefficient (Wildman–Crippen LogP) is 0.553. The molecule has 0 bridgehead atoms. The van der Waals surface area contributed by atoms with E-state index in [2.05, 4.69) is 5.32 Å². The van der Waals surface area contributed by atoms with E-state index >= 15 is 0 Å². The summed E-state index contributed by atoms with van der Waals surface area (Å²) in [5.74, 6) is -5.59. The highest BCUT2D eigenvalue weighted by Crippen LogP contribution is 2.37. The number of amides is 1. The summed E-state index contributed by atoms with van der Waals surface area (Å²) >= 11 is 0. The average molecular weight is 276 g/mol. The molecule has 0 aromatic heterocycles. The zero-order valence-electron chi connectivity index (χ0n) is 10.9. The van der Waals surface area contributed by atoms with Crippen LogP contribution >= 0.6 is 0 Å². The van der Waals surface area contributed by atoms with E-state index < -0.39 is 29.1 Å². The van der Waals surface area contributed by atoms with E-state index in [0.717, 1.165) is 0 Å². The summed E-state index contributed by atoms with van der Waals surface area (Å²) in [6, 6.07) is -0.285. The van der Waals surface area contributed by atoms with Crippen LogP contribution in [0.1, 0.15) is 20.3 Å². The Kier molecular flexibility index (Phi) is 3.28. The molecular formula is C12H18F2N2O3. The van der Waals surface area contributed by atoms with Crippen LogP contribution in [-0.2, 0) is 9.59 Å². The lowest BCUT2D eigenvalue weighted by molar-refractivity contribution is -0.160. The number of hydrogen-bond donors (Lipinski definition) is 2. The van der Waals surface area contributed by atoms with Crippen LogP contribution in [0.2, 0.25) is 0 Å². The minimum Gasteiger partial charge on any atom is -0.480 e. The minimum absolute atomic E-state index is 0.0831. The number of alkyl halides is 2. The molecule has 1 amide bonds. The largest absolute Gasteiger partial charge is 0.480 e. The lowest BCUT2D eigenvalue weighted by Crippen LogP contribution is -2.54. The van der Waals surface area contributed by atoms with Crippen LogP contribution in [0.25, 0.3) is 0 Å². The van der Waals surface area contributed by atoms with Crippen molar-refractivity contribution in [2.75, 3.05) is 19.6 Å². The summed E-state index contributed by atoms with van der Waals surface area (Å²) in [5.41, 5.74) is -1.58. The van der Waals surface area contributed by atoms with Crippen molar-refractivity contribution in [2.24, 2.45) is 11.3 Å². The fraction of sp³-hybridized carbons (Fsp3) is 0.833. The number of nitrogens with one attached hydrogen (secondary N) is 1. The number of fused-ring (bicyclic) bond motifs is 1. The number of carbonyl (C=O) groups is 2. The molecule has 2 aliphatic heterocycles. The number of carboxylic acids is 1. The van der Waals surface area contributed by atoms with Gasteiger partial charge in [-0.3, -0.25) is 9.59 Å². The zero-order chi connectivity index (χ0) is 14.4. The highest BCUT2D eigenvalue weighted by molar-refractivity contribution is 6.01. The summed E-state index contributed by atoms with van der Waals surface area (Å²) in [6.45, 7) is 2.47. The average Bonchev–Trinajstić information content (AvgIpc) is 2.64. The molecule has 2 rings (SSSR count). The monoisotopic (exact) mass is 276 g/mol. The van der Waals surface area contributed by atoms with Gasteiger partial charge in [-0.2, -0.15) is 0 Å². The summed E-state index contributed by atoms with van der Waals surface area (Å²) in [6.07, 6.45) is 0.432. The SMILES string of the molecule is CC(C)(C(=O)O)C(=O)N1CCC2NCC(F)(F)C2C1. The molecule has 0 aromatic rings. The number of hydrogen-bond acceptors (Lipinski definition) is 3. The second-order valence-corrected chi connectivity index (χ2v) is 5.82. The molecule has 2 atom stereocenters. The Bertz CT molecular complexity index is 412. The molecule has 0 radical (unpaired) electrons. The Hall–Kier alpha value is -1.24. The molecule has 2 saturated heterocycles. The summed E-state index contributed by atoms with van der Waals surface area (Å²) in [7, 11) is 0. The molecule has 0 saturated carbocycles. The first-order valence-electron chi connectivity index (χ1n) is 6.30. The van der Waals surface area contributed by atoms with Crippen molar-refractivity contribution in [1.29, 1.82) is 0 Å². The van der Waals surface area contributed by atoms with Gasteiger partial charge in [-0.05, 0) is 20.3 Å². The van der Waals surface area contributed by atoms with E-state index in [1.807, 2.05) is 0 Å². The fourth-order valence-electron chi connectivity index (χ4n) is 2.69. The Morgan fingerprint density at radius 1 is 1.42 bits per heavy atom. The number of nitrogens with zero attached hydrogens (tertiary/aromatic N) is 1. The Morgan fingerprint density at radius 3 is 2.63 bits per heavy atom. The molecule has 0 aliphatic carbocycles. The third-order valence-corrected chi connectivity index (χ3v) is 4.11. The Morgan fingerprint density at radius 2 is 2.05 bits per heavy atom. The van der Waals surface area contributed by atoms with Crippen LogP contribution in [0.3, 0.4) is 0 Å². The van der Waals surface area contributed by atoms with Gasteiger partial charge in [0.15, 0.2) is 0 Å². The normalized spacial score (nSPS) is 30.0. The van der Waals surface area contributed by atoms with Crippen LogP contribution in [0.5, 0.6) is 0 Å². The maximum absolute atomic E-state index is 13.7. The first kappa shape index (κ1) is 14.2. The number of likely N-dealkylation sites (tertiary alicyclic amines) is 1. The van der Waals surface area contributed by atoms with Gasteiger partial charge in [-0.1, -0.05) is 0 Å². The molecule has 2 aliphatic rings. The number of aliphatic carboxylic acids is 1. The molecule has 0 aromatic carbocycles. The predicted molar refractivity (Wildman–Crippen MR) is 62.8 cm³/mol. The van der Waals surface area contributed by atoms with Gasteiger partial charge in [-0.15, -0.1) is 0 Å². The van der Waals surface area contributed by atoms with Gasteiger partial charge in [0.2, 0.25) is 5.91 Å². The Labute approximate surface area is 109 Å². The maximum atomic E-state index is 13.7. The van der Waals surface area contributed by atoms with Crippen molar-refractivity contribution in [1.82, 2.24) is 10.2 Å². The third kappa shape index (κ3) is 2.31. The standard InChI is InChI=1S/C12H18F2N2O3/c1-11(2,10(18)19)9(17)16-4-3-8-7(5-16)12(13,14)6-15-8/h7-8,15H,3-6H2,1-2H3,(H,18,19). The molecule has 0 spiro atoms. The molecule has 2 fully saturated rings. The second-order valence-electron chi connectivity index (χ2n) is 5.82. The highest BCUT2D eigenvalue weighted by Gasteiger charge is 2.53. The van der Waals surface area contributed by atoms with Crippen LogP contribution in [-0.4, -0.2) is 53.5 Å². The van der Waals surface area contributed by atoms with Gasteiger partial charge in [0.1, 0.15) is 5.41 Å². The number of carboxylic acid groups (broad SMARTS) is 1. The third-order valence-electron chi connectivity index (χ3n) is 4.11. The maximum Gasteiger partial charge on any atom is 0.318 e. The molecule has 7 heteroatoms. The molecule has 5 nitrogen and oxygen atoms in total. The smallest absolute Gasteiger partial charge is 0.318 e. The van der Waals surface area contributed by atoms with Crippen molar-refractivity contribution in [3.05, 3.63) is 0 Å². The van der Waals surface area contributed by atoms with E-state index in [-0.39, 0.29) is 19.1 Å². The number of piperidine rings is 1. The molecular weight excluding hydrogens is 258 g/mol. The van der Waals surface area contributed by atoms with Gasteiger partial charge >= 0.3 is 5.97 Å². The van der Waals surface area contributed by atoms with Gasteiger partial charge < -0.3 is 15.3 Å². The summed E-state index contributed by atoms with van der Waals surface area (Å²) in [5, 5.41) is 11.8. The molecule has 19 heavy (non-hydrogen) atoms. The zero-order valence-corrected chi connectivity index (χ0v) is 10.9. The van der Waals surface area contributed by atoms with E-state index in [1.165, 1.54) is 18.7 Å². The van der Waals surface area contributed by atoms with Crippen LogP contribution < -0.4 is 5.32 Å². The van der Waals surface area contributed by atoms with E-state index in [0.29, 0.717) is 13.0 Å². The number of halogens is 2. The number of rotatable bonds is 2. The topological polar surface area (TPSA) is 69.6 Å². The fourth-order valence-corrected chi connectivity index (χ4v) is 2.69. The van der Waals surface area contributed by atoms with Crippen LogP contribution in [0.15, 0.2) is 0 Å². The van der Waals surface area contributed by atoms with Crippen molar-refractivity contribution >= 4 is 11.9 Å². The molecule has 108 valence electrons. The quantitative estimate of drug-likeness (QED) is 0.723. The van der Waals surface area contributed by atoms with Crippen LogP contribution in [0, 0.1) is 11.3 Å². The molecule has 2 unspecified atom stereocenters. The van der Waals surface area contributed by atoms with Crippen molar-refractivity contribution in [2.45, 2.75) is 32.2 Å².